The van der Waals surface area contributed by atoms with E-state index in [4.69, 9.17) is 11.2 Å². The standard InChI is InChI=1S/C20H21FN2O4S/c1-2-12-23-28(25,26)19-7-5-6-16(15-19)20(24)22-13-3-4-14-27-18-10-8-17(21)9-11-18/h1,5-11,15,23H,3-4,12-14H2,(H,22,24). The minimum Gasteiger partial charge on any atom is -0.494 e. The highest BCUT2D eigenvalue weighted by Crippen LogP contribution is 2.12. The Bertz CT molecular complexity index is 937. The number of nitrogens with one attached hydrogen (secondary N) is 2. The Morgan fingerprint density at radius 1 is 1.14 bits per heavy atom. The SMILES string of the molecule is C#CCNS(=O)(=O)c1cccc(C(=O)NCCCCOc2ccc(F)cc2)c1. The monoisotopic (exact) mass is 404 g/mol. The van der Waals surface area contributed by atoms with Crippen LogP contribution in [0.15, 0.2) is 53.4 Å². The van der Waals surface area contributed by atoms with Gasteiger partial charge in [0.2, 0.25) is 10.0 Å². The Morgan fingerprint density at radius 2 is 1.89 bits per heavy atom. The van der Waals surface area contributed by atoms with Crippen molar-refractivity contribution in [2.24, 2.45) is 0 Å². The predicted molar refractivity (Wildman–Crippen MR) is 104 cm³/mol. The molecule has 0 aromatic heterocycles. The van der Waals surface area contributed by atoms with Crippen LogP contribution < -0.4 is 14.8 Å². The third kappa shape index (κ3) is 6.68. The topological polar surface area (TPSA) is 84.5 Å². The van der Waals surface area contributed by atoms with Crippen LogP contribution in [-0.2, 0) is 10.0 Å². The number of sulfonamides is 1. The molecule has 148 valence electrons. The highest BCUT2D eigenvalue weighted by Gasteiger charge is 2.15. The fourth-order valence-electron chi connectivity index (χ4n) is 2.28. The first kappa shape index (κ1) is 21.4. The van der Waals surface area contributed by atoms with Crippen molar-refractivity contribution in [3.05, 3.63) is 59.9 Å². The third-order valence-corrected chi connectivity index (χ3v) is 5.11. The van der Waals surface area contributed by atoms with E-state index < -0.39 is 10.0 Å². The molecule has 0 bridgehead atoms. The van der Waals surface area contributed by atoms with Gasteiger partial charge >= 0.3 is 0 Å². The number of halogens is 1. The quantitative estimate of drug-likeness (QED) is 0.470. The van der Waals surface area contributed by atoms with E-state index in [-0.39, 0.29) is 28.7 Å². The fraction of sp³-hybridized carbons (Fsp3) is 0.250. The summed E-state index contributed by atoms with van der Waals surface area (Å²) in [6.07, 6.45) is 6.43. The lowest BCUT2D eigenvalue weighted by atomic mass is 10.2. The minimum atomic E-state index is -3.75. The molecule has 2 N–H and O–H groups in total. The molecule has 0 heterocycles. The summed E-state index contributed by atoms with van der Waals surface area (Å²) in [5, 5.41) is 2.74. The van der Waals surface area contributed by atoms with Crippen molar-refractivity contribution in [1.29, 1.82) is 0 Å². The van der Waals surface area contributed by atoms with Gasteiger partial charge in [0.1, 0.15) is 11.6 Å². The molecule has 0 fully saturated rings. The van der Waals surface area contributed by atoms with Crippen molar-refractivity contribution < 1.29 is 22.3 Å². The van der Waals surface area contributed by atoms with Crippen LogP contribution >= 0.6 is 0 Å². The Morgan fingerprint density at radius 3 is 2.61 bits per heavy atom. The number of hydrogen-bond donors (Lipinski definition) is 2. The normalized spacial score (nSPS) is 10.9. The summed E-state index contributed by atoms with van der Waals surface area (Å²) in [5.41, 5.74) is 0.242. The number of carbonyl (C=O) groups excluding carboxylic acids is 1. The van der Waals surface area contributed by atoms with Gasteiger partial charge in [0.25, 0.3) is 5.91 Å². The van der Waals surface area contributed by atoms with Gasteiger partial charge in [0.05, 0.1) is 18.0 Å². The molecule has 1 amide bonds. The van der Waals surface area contributed by atoms with Crippen LogP contribution in [0.2, 0.25) is 0 Å². The van der Waals surface area contributed by atoms with Gasteiger partial charge in [0.15, 0.2) is 0 Å². The maximum atomic E-state index is 12.8. The second-order valence-corrected chi connectivity index (χ2v) is 7.59. The number of benzene rings is 2. The van der Waals surface area contributed by atoms with Gasteiger partial charge in [-0.25, -0.2) is 12.8 Å². The van der Waals surface area contributed by atoms with Crippen molar-refractivity contribution in [2.75, 3.05) is 19.7 Å². The van der Waals surface area contributed by atoms with Gasteiger partial charge in [-0.1, -0.05) is 12.0 Å². The number of hydrogen-bond acceptors (Lipinski definition) is 4. The van der Waals surface area contributed by atoms with Crippen LogP contribution in [0.5, 0.6) is 5.75 Å². The highest BCUT2D eigenvalue weighted by atomic mass is 32.2. The van der Waals surface area contributed by atoms with E-state index in [1.807, 2.05) is 0 Å². The van der Waals surface area contributed by atoms with Gasteiger partial charge in [0, 0.05) is 12.1 Å². The van der Waals surface area contributed by atoms with E-state index >= 15 is 0 Å². The summed E-state index contributed by atoms with van der Waals surface area (Å²) in [7, 11) is -3.75. The summed E-state index contributed by atoms with van der Waals surface area (Å²) < 4.78 is 44.6. The lowest BCUT2D eigenvalue weighted by Crippen LogP contribution is -2.26. The molecule has 8 heteroatoms. The first-order valence-corrected chi connectivity index (χ1v) is 10.1. The second kappa shape index (κ2) is 10.4. The molecular weight excluding hydrogens is 383 g/mol. The third-order valence-electron chi connectivity index (χ3n) is 3.71. The van der Waals surface area contributed by atoms with E-state index in [0.717, 1.165) is 0 Å². The Balaban J connectivity index is 1.76. The first-order valence-electron chi connectivity index (χ1n) is 8.62. The molecular formula is C20H21FN2O4S. The molecule has 0 aliphatic rings. The molecule has 0 aliphatic heterocycles. The summed E-state index contributed by atoms with van der Waals surface area (Å²) in [5.74, 6) is 2.09. The molecule has 0 saturated heterocycles. The maximum Gasteiger partial charge on any atom is 0.251 e. The molecule has 0 saturated carbocycles. The lowest BCUT2D eigenvalue weighted by Gasteiger charge is -2.09. The van der Waals surface area contributed by atoms with Crippen LogP contribution in [-0.4, -0.2) is 34.0 Å². The van der Waals surface area contributed by atoms with E-state index in [1.54, 1.807) is 12.1 Å². The second-order valence-electron chi connectivity index (χ2n) is 5.82. The van der Waals surface area contributed by atoms with Gasteiger partial charge in [-0.3, -0.25) is 4.79 Å². The zero-order valence-corrected chi connectivity index (χ0v) is 16.0. The highest BCUT2D eigenvalue weighted by molar-refractivity contribution is 7.89. The van der Waals surface area contributed by atoms with E-state index in [2.05, 4.69) is 16.0 Å². The van der Waals surface area contributed by atoms with E-state index in [9.17, 15) is 17.6 Å². The molecule has 0 atom stereocenters. The number of ether oxygens (including phenoxy) is 1. The van der Waals surface area contributed by atoms with E-state index in [0.29, 0.717) is 31.7 Å². The van der Waals surface area contributed by atoms with Crippen molar-refractivity contribution >= 4 is 15.9 Å². The van der Waals surface area contributed by atoms with Crippen molar-refractivity contribution in [3.63, 3.8) is 0 Å². The van der Waals surface area contributed by atoms with Crippen LogP contribution in [0.1, 0.15) is 23.2 Å². The smallest absolute Gasteiger partial charge is 0.251 e. The lowest BCUT2D eigenvalue weighted by molar-refractivity contribution is 0.0952. The van der Waals surface area contributed by atoms with Gasteiger partial charge in [-0.2, -0.15) is 4.72 Å². The van der Waals surface area contributed by atoms with Gasteiger partial charge < -0.3 is 10.1 Å². The summed E-state index contributed by atoms with van der Waals surface area (Å²) in [4.78, 5) is 12.2. The molecule has 2 aromatic carbocycles. The van der Waals surface area contributed by atoms with E-state index in [1.165, 1.54) is 36.4 Å². The molecule has 28 heavy (non-hydrogen) atoms. The average Bonchev–Trinajstić information content (AvgIpc) is 2.70. The molecule has 0 unspecified atom stereocenters. The number of unbranched alkanes of at least 4 members (excludes halogenated alkanes) is 1. The van der Waals surface area contributed by atoms with Crippen molar-refractivity contribution in [1.82, 2.24) is 10.0 Å². The molecule has 6 nitrogen and oxygen atoms in total. The van der Waals surface area contributed by atoms with Crippen molar-refractivity contribution in [3.8, 4) is 18.1 Å². The zero-order valence-electron chi connectivity index (χ0n) is 15.2. The Kier molecular flexibility index (Phi) is 7.99. The molecule has 0 aliphatic carbocycles. The predicted octanol–water partition coefficient (Wildman–Crippen LogP) is 2.33. The minimum absolute atomic E-state index is 0.0249. The molecule has 2 rings (SSSR count). The summed E-state index contributed by atoms with van der Waals surface area (Å²) >= 11 is 0. The molecule has 0 radical (unpaired) electrons. The number of amides is 1. The molecule has 0 spiro atoms. The summed E-state index contributed by atoms with van der Waals surface area (Å²) in [6, 6.07) is 11.5. The maximum absolute atomic E-state index is 12.8. The van der Waals surface area contributed by atoms with Crippen LogP contribution in [0.25, 0.3) is 0 Å². The summed E-state index contributed by atoms with van der Waals surface area (Å²) in [6.45, 7) is 0.729. The number of rotatable bonds is 10. The van der Waals surface area contributed by atoms with Gasteiger partial charge in [-0.05, 0) is 55.3 Å². The first-order chi connectivity index (χ1) is 13.4. The largest absolute Gasteiger partial charge is 0.494 e. The van der Waals surface area contributed by atoms with Gasteiger partial charge in [-0.15, -0.1) is 6.42 Å². The molecule has 2 aromatic rings. The fourth-order valence-corrected chi connectivity index (χ4v) is 3.26. The van der Waals surface area contributed by atoms with Crippen molar-refractivity contribution in [2.45, 2.75) is 17.7 Å². The van der Waals surface area contributed by atoms with Crippen LogP contribution in [0, 0.1) is 18.2 Å². The number of terminal acetylenes is 1. The average molecular weight is 404 g/mol. The number of carbonyl (C=O) groups is 1. The van der Waals surface area contributed by atoms with Crippen LogP contribution in [0.4, 0.5) is 4.39 Å². The Hall–Kier alpha value is -2.89. The zero-order chi connectivity index (χ0) is 20.4. The van der Waals surface area contributed by atoms with Crippen LogP contribution in [0.3, 0.4) is 0 Å². The Labute approximate surface area is 164 Å².